The summed E-state index contributed by atoms with van der Waals surface area (Å²) in [5.74, 6) is 0.337. The highest BCUT2D eigenvalue weighted by molar-refractivity contribution is 6.29. The SMILES string of the molecule is O=[N+]([O-])N1CCN=C1c1ccc(Cl)nc1. The van der Waals surface area contributed by atoms with Gasteiger partial charge in [0.25, 0.3) is 0 Å². The van der Waals surface area contributed by atoms with Gasteiger partial charge < -0.3 is 0 Å². The maximum absolute atomic E-state index is 10.7. The molecule has 0 amide bonds. The van der Waals surface area contributed by atoms with Gasteiger partial charge in [0.15, 0.2) is 10.9 Å². The van der Waals surface area contributed by atoms with Crippen LogP contribution in [0.1, 0.15) is 5.56 Å². The minimum Gasteiger partial charge on any atom is -0.261 e. The summed E-state index contributed by atoms with van der Waals surface area (Å²) in [7, 11) is 0. The van der Waals surface area contributed by atoms with Crippen molar-refractivity contribution in [2.75, 3.05) is 13.1 Å². The number of halogens is 1. The number of aromatic nitrogens is 1. The van der Waals surface area contributed by atoms with Gasteiger partial charge in [-0.2, -0.15) is 0 Å². The molecule has 1 aromatic heterocycles. The molecule has 15 heavy (non-hydrogen) atoms. The third-order valence-corrected chi connectivity index (χ3v) is 2.22. The number of hydrogen-bond donors (Lipinski definition) is 0. The quantitative estimate of drug-likeness (QED) is 0.428. The van der Waals surface area contributed by atoms with Crippen molar-refractivity contribution in [3.63, 3.8) is 0 Å². The minimum absolute atomic E-state index is 0.297. The number of nitrogens with zero attached hydrogens (tertiary/aromatic N) is 4. The van der Waals surface area contributed by atoms with Crippen LogP contribution < -0.4 is 0 Å². The van der Waals surface area contributed by atoms with Crippen molar-refractivity contribution in [3.8, 4) is 0 Å². The molecule has 0 spiro atoms. The summed E-state index contributed by atoms with van der Waals surface area (Å²) in [5.41, 5.74) is 0.605. The number of aliphatic imine (C=N–C) groups is 1. The first-order valence-electron chi connectivity index (χ1n) is 4.26. The Hall–Kier alpha value is -1.69. The molecule has 0 saturated heterocycles. The Labute approximate surface area is 90.3 Å². The van der Waals surface area contributed by atoms with Crippen molar-refractivity contribution in [2.24, 2.45) is 4.99 Å². The molecule has 0 bridgehead atoms. The highest BCUT2D eigenvalue weighted by atomic mass is 35.5. The van der Waals surface area contributed by atoms with E-state index in [0.29, 0.717) is 29.6 Å². The first-order chi connectivity index (χ1) is 7.18. The van der Waals surface area contributed by atoms with E-state index < -0.39 is 5.03 Å². The Bertz CT molecular complexity index is 417. The average Bonchev–Trinajstić information content (AvgIpc) is 2.67. The van der Waals surface area contributed by atoms with Crippen LogP contribution in [-0.2, 0) is 0 Å². The molecule has 0 aliphatic carbocycles. The molecule has 1 aliphatic heterocycles. The smallest absolute Gasteiger partial charge is 0.198 e. The Balaban J connectivity index is 2.30. The summed E-state index contributed by atoms with van der Waals surface area (Å²) < 4.78 is 0. The van der Waals surface area contributed by atoms with E-state index in [0.717, 1.165) is 5.01 Å². The third kappa shape index (κ3) is 1.89. The number of hydrogen-bond acceptors (Lipinski definition) is 4. The maximum atomic E-state index is 10.7. The molecule has 2 rings (SSSR count). The zero-order valence-corrected chi connectivity index (χ0v) is 8.39. The van der Waals surface area contributed by atoms with Gasteiger partial charge >= 0.3 is 0 Å². The zero-order chi connectivity index (χ0) is 10.8. The lowest BCUT2D eigenvalue weighted by atomic mass is 10.2. The lowest BCUT2D eigenvalue weighted by Gasteiger charge is -2.08. The van der Waals surface area contributed by atoms with E-state index in [1.807, 2.05) is 0 Å². The van der Waals surface area contributed by atoms with Crippen LogP contribution in [0.25, 0.3) is 0 Å². The normalized spacial score (nSPS) is 15.3. The van der Waals surface area contributed by atoms with Gasteiger partial charge in [0.1, 0.15) is 11.7 Å². The van der Waals surface area contributed by atoms with Crippen LogP contribution in [0.3, 0.4) is 0 Å². The molecule has 0 saturated carbocycles. The standard InChI is InChI=1S/C8H7ClN4O2/c9-7-2-1-6(5-11-7)8-10-3-4-12(8)13(14)15/h1-2,5H,3-4H2. The van der Waals surface area contributed by atoms with Crippen LogP contribution in [-0.4, -0.2) is 34.0 Å². The summed E-state index contributed by atoms with van der Waals surface area (Å²) in [6.07, 6.45) is 1.48. The second kappa shape index (κ2) is 3.82. The van der Waals surface area contributed by atoms with Crippen LogP contribution in [0, 0.1) is 10.1 Å². The molecule has 78 valence electrons. The van der Waals surface area contributed by atoms with Gasteiger partial charge in [-0.25, -0.2) is 15.1 Å². The Morgan fingerprint density at radius 3 is 2.93 bits per heavy atom. The molecule has 0 atom stereocenters. The monoisotopic (exact) mass is 226 g/mol. The minimum atomic E-state index is -0.472. The van der Waals surface area contributed by atoms with Gasteiger partial charge in [-0.15, -0.1) is 0 Å². The summed E-state index contributed by atoms with van der Waals surface area (Å²) in [6, 6.07) is 3.24. The number of amidine groups is 1. The Morgan fingerprint density at radius 1 is 1.53 bits per heavy atom. The highest BCUT2D eigenvalue weighted by Gasteiger charge is 2.27. The molecule has 6 nitrogen and oxygen atoms in total. The van der Waals surface area contributed by atoms with E-state index in [9.17, 15) is 10.1 Å². The van der Waals surface area contributed by atoms with Crippen molar-refractivity contribution in [2.45, 2.75) is 0 Å². The van der Waals surface area contributed by atoms with E-state index in [-0.39, 0.29) is 0 Å². The third-order valence-electron chi connectivity index (χ3n) is 2.00. The highest BCUT2D eigenvalue weighted by Crippen LogP contribution is 2.12. The fourth-order valence-electron chi connectivity index (χ4n) is 1.35. The molecule has 1 aromatic rings. The van der Waals surface area contributed by atoms with Crippen LogP contribution in [0.4, 0.5) is 0 Å². The first kappa shape index (κ1) is 9.85. The molecule has 2 heterocycles. The number of hydrazine groups is 1. The van der Waals surface area contributed by atoms with Crippen molar-refractivity contribution in [1.29, 1.82) is 0 Å². The average molecular weight is 227 g/mol. The fraction of sp³-hybridized carbons (Fsp3) is 0.250. The molecular formula is C8H7ClN4O2. The maximum Gasteiger partial charge on any atom is 0.198 e. The molecule has 7 heteroatoms. The van der Waals surface area contributed by atoms with E-state index in [1.54, 1.807) is 12.1 Å². The first-order valence-corrected chi connectivity index (χ1v) is 4.64. The molecule has 0 unspecified atom stereocenters. The van der Waals surface area contributed by atoms with E-state index in [2.05, 4.69) is 9.98 Å². The van der Waals surface area contributed by atoms with Crippen LogP contribution in [0.5, 0.6) is 0 Å². The predicted octanol–water partition coefficient (Wildman–Crippen LogP) is 0.989. The van der Waals surface area contributed by atoms with E-state index in [4.69, 9.17) is 11.6 Å². The van der Waals surface area contributed by atoms with Gasteiger partial charge in [-0.05, 0) is 12.1 Å². The van der Waals surface area contributed by atoms with Gasteiger partial charge in [0, 0.05) is 11.8 Å². The number of pyridine rings is 1. The lowest BCUT2D eigenvalue weighted by molar-refractivity contribution is -0.626. The van der Waals surface area contributed by atoms with Gasteiger partial charge in [-0.1, -0.05) is 16.6 Å². The Kier molecular flexibility index (Phi) is 2.51. The van der Waals surface area contributed by atoms with Crippen LogP contribution in [0.15, 0.2) is 23.3 Å². The summed E-state index contributed by atoms with van der Waals surface area (Å²) in [5, 5.41) is 11.5. The van der Waals surface area contributed by atoms with Crippen LogP contribution in [0.2, 0.25) is 5.15 Å². The zero-order valence-electron chi connectivity index (χ0n) is 7.63. The molecule has 0 fully saturated rings. The summed E-state index contributed by atoms with van der Waals surface area (Å²) in [4.78, 5) is 18.6. The van der Waals surface area contributed by atoms with E-state index in [1.165, 1.54) is 6.20 Å². The van der Waals surface area contributed by atoms with E-state index >= 15 is 0 Å². The molecule has 0 radical (unpaired) electrons. The van der Waals surface area contributed by atoms with Gasteiger partial charge in [-0.3, -0.25) is 4.99 Å². The van der Waals surface area contributed by atoms with Crippen molar-refractivity contribution in [3.05, 3.63) is 39.2 Å². The summed E-state index contributed by atoms with van der Waals surface area (Å²) in [6.45, 7) is 0.726. The Morgan fingerprint density at radius 2 is 2.33 bits per heavy atom. The van der Waals surface area contributed by atoms with Gasteiger partial charge in [0.2, 0.25) is 0 Å². The predicted molar refractivity (Wildman–Crippen MR) is 54.4 cm³/mol. The molecule has 1 aliphatic rings. The second-order valence-corrected chi connectivity index (χ2v) is 3.32. The largest absolute Gasteiger partial charge is 0.261 e. The number of nitro groups is 1. The van der Waals surface area contributed by atoms with Crippen molar-refractivity contribution >= 4 is 17.4 Å². The molecule has 0 aromatic carbocycles. The number of rotatable bonds is 2. The summed E-state index contributed by atoms with van der Waals surface area (Å²) >= 11 is 5.62. The van der Waals surface area contributed by atoms with Crippen LogP contribution >= 0.6 is 11.6 Å². The lowest BCUT2D eigenvalue weighted by Crippen LogP contribution is -2.33. The van der Waals surface area contributed by atoms with Crippen molar-refractivity contribution in [1.82, 2.24) is 9.99 Å². The topological polar surface area (TPSA) is 71.6 Å². The van der Waals surface area contributed by atoms with Crippen molar-refractivity contribution < 1.29 is 5.03 Å². The van der Waals surface area contributed by atoms with Gasteiger partial charge in [0.05, 0.1) is 6.54 Å². The second-order valence-electron chi connectivity index (χ2n) is 2.94. The molecule has 0 N–H and O–H groups in total. The molecular weight excluding hydrogens is 220 g/mol. The fourth-order valence-corrected chi connectivity index (χ4v) is 1.46.